The van der Waals surface area contributed by atoms with E-state index in [4.69, 9.17) is 15.0 Å². The highest BCUT2D eigenvalue weighted by atomic mass is 32.2. The number of nitrogens with one attached hydrogen (secondary N) is 1. The highest BCUT2D eigenvalue weighted by molar-refractivity contribution is 7.89. The van der Waals surface area contributed by atoms with Gasteiger partial charge < -0.3 is 30.5 Å². The first-order chi connectivity index (χ1) is 22.0. The number of rotatable bonds is 19. The summed E-state index contributed by atoms with van der Waals surface area (Å²) in [6, 6.07) is 19.2. The number of nitrogens with two attached hydrogens (primary N) is 1. The minimum absolute atomic E-state index is 0.0310. The SMILES string of the molecule is Cc1ccc(/C=C/C(=O)O)cc1.NS(=O)(=O)c1cccc(CCCCOCCCCCCNC[C@H](O)c2ccc(O)c(CO)c2)c1. The number of ether oxygens (including phenoxy) is 1. The number of aliphatic hydroxyl groups is 2. The number of carboxylic acid groups (broad SMARTS) is 1. The van der Waals surface area contributed by atoms with Crippen molar-refractivity contribution >= 4 is 22.1 Å². The largest absolute Gasteiger partial charge is 0.508 e. The van der Waals surface area contributed by atoms with Crippen LogP contribution in [0, 0.1) is 6.92 Å². The van der Waals surface area contributed by atoms with Crippen molar-refractivity contribution < 1.29 is 38.4 Å². The normalized spacial score (nSPS) is 12.1. The highest BCUT2D eigenvalue weighted by Crippen LogP contribution is 2.22. The molecule has 0 radical (unpaired) electrons. The number of phenols is 1. The Hall–Kier alpha value is -3.58. The van der Waals surface area contributed by atoms with Crippen molar-refractivity contribution in [3.8, 4) is 5.75 Å². The molecule has 0 aromatic heterocycles. The molecule has 1 atom stereocenters. The molecule has 3 rings (SSSR count). The maximum Gasteiger partial charge on any atom is 0.328 e. The molecular formula is C35H48N2O8S. The fraction of sp³-hybridized carbons (Fsp3) is 0.400. The van der Waals surface area contributed by atoms with E-state index >= 15 is 0 Å². The molecule has 0 fully saturated rings. The van der Waals surface area contributed by atoms with Crippen molar-refractivity contribution in [3.05, 3.63) is 101 Å². The van der Waals surface area contributed by atoms with Crippen molar-refractivity contribution in [2.45, 2.75) is 69.5 Å². The number of sulfonamides is 1. The van der Waals surface area contributed by atoms with Crippen molar-refractivity contribution in [2.24, 2.45) is 5.14 Å². The van der Waals surface area contributed by atoms with Crippen LogP contribution in [0.1, 0.15) is 72.4 Å². The Morgan fingerprint density at radius 3 is 2.33 bits per heavy atom. The van der Waals surface area contributed by atoms with Gasteiger partial charge >= 0.3 is 5.97 Å². The number of primary sulfonamides is 1. The monoisotopic (exact) mass is 656 g/mol. The summed E-state index contributed by atoms with van der Waals surface area (Å²) < 4.78 is 28.5. The van der Waals surface area contributed by atoms with E-state index in [9.17, 15) is 28.5 Å². The summed E-state index contributed by atoms with van der Waals surface area (Å²) in [4.78, 5) is 10.3. The van der Waals surface area contributed by atoms with E-state index in [0.717, 1.165) is 75.3 Å². The van der Waals surface area contributed by atoms with E-state index in [1.807, 2.05) is 37.3 Å². The topological polar surface area (TPSA) is 179 Å². The van der Waals surface area contributed by atoms with Crippen LogP contribution in [0.2, 0.25) is 0 Å². The molecule has 252 valence electrons. The average Bonchev–Trinajstić information content (AvgIpc) is 3.03. The predicted octanol–water partition coefficient (Wildman–Crippen LogP) is 4.85. The average molecular weight is 657 g/mol. The third-order valence-corrected chi connectivity index (χ3v) is 8.03. The van der Waals surface area contributed by atoms with Crippen LogP contribution in [-0.4, -0.2) is 61.1 Å². The number of benzene rings is 3. The number of aliphatic carboxylic acids is 1. The summed E-state index contributed by atoms with van der Waals surface area (Å²) >= 11 is 0. The van der Waals surface area contributed by atoms with E-state index < -0.39 is 22.1 Å². The molecule has 0 aliphatic rings. The van der Waals surface area contributed by atoms with E-state index in [1.54, 1.807) is 30.3 Å². The molecule has 11 heteroatoms. The number of unbranched alkanes of at least 4 members (excludes halogenated alkanes) is 4. The van der Waals surface area contributed by atoms with Gasteiger partial charge in [0.05, 0.1) is 17.6 Å². The second-order valence-electron chi connectivity index (χ2n) is 11.0. The van der Waals surface area contributed by atoms with Gasteiger partial charge in [-0.1, -0.05) is 60.9 Å². The van der Waals surface area contributed by atoms with Gasteiger partial charge in [-0.2, -0.15) is 0 Å². The molecule has 0 saturated heterocycles. The zero-order valence-electron chi connectivity index (χ0n) is 26.5. The molecule has 46 heavy (non-hydrogen) atoms. The van der Waals surface area contributed by atoms with Crippen LogP contribution >= 0.6 is 0 Å². The van der Waals surface area contributed by atoms with Crippen molar-refractivity contribution in [3.63, 3.8) is 0 Å². The van der Waals surface area contributed by atoms with Gasteiger partial charge in [0.1, 0.15) is 5.75 Å². The first kappa shape index (κ1) is 38.6. The maximum absolute atomic E-state index is 11.4. The molecule has 0 amide bonds. The minimum atomic E-state index is -3.66. The third kappa shape index (κ3) is 16.1. The van der Waals surface area contributed by atoms with E-state index in [0.29, 0.717) is 24.3 Å². The minimum Gasteiger partial charge on any atom is -0.508 e. The molecule has 0 spiro atoms. The van der Waals surface area contributed by atoms with E-state index in [2.05, 4.69) is 5.32 Å². The van der Waals surface area contributed by atoms with Gasteiger partial charge in [-0.3, -0.25) is 0 Å². The Labute approximate surface area is 272 Å². The predicted molar refractivity (Wildman–Crippen MR) is 180 cm³/mol. The molecule has 0 unspecified atom stereocenters. The molecule has 0 saturated carbocycles. The Balaban J connectivity index is 0.000000512. The summed E-state index contributed by atoms with van der Waals surface area (Å²) in [5.41, 5.74) is 4.12. The van der Waals surface area contributed by atoms with Crippen molar-refractivity contribution in [1.29, 1.82) is 0 Å². The molecular weight excluding hydrogens is 608 g/mol. The summed E-state index contributed by atoms with van der Waals surface area (Å²) in [5.74, 6) is -0.890. The molecule has 7 N–H and O–H groups in total. The first-order valence-corrected chi connectivity index (χ1v) is 17.0. The molecule has 10 nitrogen and oxygen atoms in total. The van der Waals surface area contributed by atoms with Crippen LogP contribution in [-0.2, 0) is 32.6 Å². The van der Waals surface area contributed by atoms with Gasteiger partial charge in [0, 0.05) is 31.4 Å². The lowest BCUT2D eigenvalue weighted by molar-refractivity contribution is -0.131. The number of carboxylic acids is 1. The standard InChI is InChI=1S/C25H38N2O6S.C10H10O2/c26-34(31,32)23-10-7-9-20(16-23)8-3-6-15-33-14-5-2-1-4-13-27-18-25(30)21-11-12-24(29)22(17-21)19-28;1-8-2-4-9(5-3-8)6-7-10(11)12/h7,9-12,16-17,25,27-30H,1-6,8,13-15,18-19H2,(H2,26,31,32);2-7H,1H3,(H,11,12)/b;7-6+/t25-;/m0./s1. The second kappa shape index (κ2) is 21.3. The van der Waals surface area contributed by atoms with Crippen molar-refractivity contribution in [2.75, 3.05) is 26.3 Å². The highest BCUT2D eigenvalue weighted by Gasteiger charge is 2.10. The summed E-state index contributed by atoms with van der Waals surface area (Å²) in [5, 5.41) is 45.8. The Bertz CT molecular complexity index is 1460. The summed E-state index contributed by atoms with van der Waals surface area (Å²) in [7, 11) is -3.66. The Morgan fingerprint density at radius 2 is 1.65 bits per heavy atom. The number of hydrogen-bond acceptors (Lipinski definition) is 8. The maximum atomic E-state index is 11.4. The van der Waals surface area contributed by atoms with Gasteiger partial charge in [-0.15, -0.1) is 0 Å². The summed E-state index contributed by atoms with van der Waals surface area (Å²) in [6.07, 6.45) is 8.86. The van der Waals surface area contributed by atoms with Crippen LogP contribution in [0.3, 0.4) is 0 Å². The molecule has 3 aromatic carbocycles. The lowest BCUT2D eigenvalue weighted by Gasteiger charge is -2.14. The first-order valence-electron chi connectivity index (χ1n) is 15.5. The molecule has 0 aliphatic carbocycles. The lowest BCUT2D eigenvalue weighted by Crippen LogP contribution is -2.22. The molecule has 0 aliphatic heterocycles. The van der Waals surface area contributed by atoms with Crippen LogP contribution in [0.4, 0.5) is 0 Å². The van der Waals surface area contributed by atoms with Crippen LogP contribution in [0.25, 0.3) is 6.08 Å². The number of hydrogen-bond donors (Lipinski definition) is 6. The van der Waals surface area contributed by atoms with Gasteiger partial charge in [-0.25, -0.2) is 18.4 Å². The van der Waals surface area contributed by atoms with Crippen LogP contribution in [0.15, 0.2) is 77.7 Å². The lowest BCUT2D eigenvalue weighted by atomic mass is 10.1. The molecule has 0 heterocycles. The number of aliphatic hydroxyl groups excluding tert-OH is 2. The van der Waals surface area contributed by atoms with E-state index in [-0.39, 0.29) is 17.3 Å². The van der Waals surface area contributed by atoms with Gasteiger partial charge in [-0.05, 0) is 92.6 Å². The number of carbonyl (C=O) groups is 1. The molecule has 3 aromatic rings. The Kier molecular flexibility index (Phi) is 17.8. The Morgan fingerprint density at radius 1 is 0.957 bits per heavy atom. The van der Waals surface area contributed by atoms with E-state index in [1.165, 1.54) is 17.7 Å². The van der Waals surface area contributed by atoms with Crippen LogP contribution < -0.4 is 10.5 Å². The fourth-order valence-electron chi connectivity index (χ4n) is 4.46. The number of aromatic hydroxyl groups is 1. The van der Waals surface area contributed by atoms with Crippen LogP contribution in [0.5, 0.6) is 5.75 Å². The molecule has 0 bridgehead atoms. The van der Waals surface area contributed by atoms with Gasteiger partial charge in [0.15, 0.2) is 0 Å². The van der Waals surface area contributed by atoms with Gasteiger partial charge in [0.2, 0.25) is 10.0 Å². The zero-order valence-corrected chi connectivity index (χ0v) is 27.3. The van der Waals surface area contributed by atoms with Gasteiger partial charge in [0.25, 0.3) is 0 Å². The fourth-order valence-corrected chi connectivity index (χ4v) is 5.05. The summed E-state index contributed by atoms with van der Waals surface area (Å²) in [6.45, 7) is 4.40. The smallest absolute Gasteiger partial charge is 0.328 e. The number of aryl methyl sites for hydroxylation is 2. The van der Waals surface area contributed by atoms with Crippen molar-refractivity contribution in [1.82, 2.24) is 5.32 Å². The third-order valence-electron chi connectivity index (χ3n) is 7.12. The quantitative estimate of drug-likeness (QED) is 0.0777. The second-order valence-corrected chi connectivity index (χ2v) is 12.6. The zero-order chi connectivity index (χ0) is 33.8.